The normalized spacial score (nSPS) is 20.1. The minimum atomic E-state index is 0.711. The Morgan fingerprint density at radius 2 is 2.24 bits per heavy atom. The maximum Gasteiger partial charge on any atom is 0.148 e. The van der Waals surface area contributed by atoms with E-state index in [4.69, 9.17) is 5.84 Å². The molecule has 5 heteroatoms. The summed E-state index contributed by atoms with van der Waals surface area (Å²) in [5, 5.41) is 0. The minimum absolute atomic E-state index is 0.711. The van der Waals surface area contributed by atoms with Crippen LogP contribution < -0.4 is 16.2 Å². The molecule has 0 aliphatic carbocycles. The average molecular weight is 235 g/mol. The fourth-order valence-corrected chi connectivity index (χ4v) is 2.43. The van der Waals surface area contributed by atoms with Crippen LogP contribution in [0.5, 0.6) is 0 Å². The van der Waals surface area contributed by atoms with E-state index in [0.29, 0.717) is 5.82 Å². The Morgan fingerprint density at radius 1 is 1.47 bits per heavy atom. The van der Waals surface area contributed by atoms with Crippen LogP contribution >= 0.6 is 0 Å². The Labute approximate surface area is 102 Å². The molecule has 1 atom stereocenters. The Bertz CT molecular complexity index is 390. The van der Waals surface area contributed by atoms with Gasteiger partial charge in [0.2, 0.25) is 0 Å². The SMILES string of the molecule is Cc1c(NN)ncnc1N1CCC(C(C)C)C1. The fraction of sp³-hybridized carbons (Fsp3) is 0.667. The number of aromatic nitrogens is 2. The van der Waals surface area contributed by atoms with Crippen LogP contribution in [-0.4, -0.2) is 23.1 Å². The molecule has 1 saturated heterocycles. The van der Waals surface area contributed by atoms with Crippen molar-refractivity contribution >= 4 is 11.6 Å². The highest BCUT2D eigenvalue weighted by atomic mass is 15.3. The second-order valence-electron chi connectivity index (χ2n) is 5.05. The molecule has 1 aromatic heterocycles. The predicted molar refractivity (Wildman–Crippen MR) is 69.7 cm³/mol. The number of nitrogen functional groups attached to an aromatic ring is 1. The summed E-state index contributed by atoms with van der Waals surface area (Å²) in [6, 6.07) is 0. The molecule has 2 heterocycles. The molecule has 0 aromatic carbocycles. The van der Waals surface area contributed by atoms with Gasteiger partial charge in [0.1, 0.15) is 18.0 Å². The van der Waals surface area contributed by atoms with Crippen molar-refractivity contribution in [2.45, 2.75) is 27.2 Å². The molecule has 2 rings (SSSR count). The highest BCUT2D eigenvalue weighted by molar-refractivity contribution is 5.57. The monoisotopic (exact) mass is 235 g/mol. The molecule has 0 amide bonds. The lowest BCUT2D eigenvalue weighted by molar-refractivity contribution is 0.422. The number of rotatable bonds is 3. The van der Waals surface area contributed by atoms with Gasteiger partial charge in [-0.3, -0.25) is 0 Å². The van der Waals surface area contributed by atoms with Crippen LogP contribution in [0.3, 0.4) is 0 Å². The molecule has 0 saturated carbocycles. The topological polar surface area (TPSA) is 67.1 Å². The average Bonchev–Trinajstić information content (AvgIpc) is 2.78. The molecule has 1 fully saturated rings. The van der Waals surface area contributed by atoms with Crippen LogP contribution in [0.1, 0.15) is 25.8 Å². The van der Waals surface area contributed by atoms with Crippen LogP contribution in [0.15, 0.2) is 6.33 Å². The van der Waals surface area contributed by atoms with Gasteiger partial charge in [-0.15, -0.1) is 0 Å². The van der Waals surface area contributed by atoms with Crippen LogP contribution in [0.2, 0.25) is 0 Å². The molecule has 1 aromatic rings. The minimum Gasteiger partial charge on any atom is -0.356 e. The Hall–Kier alpha value is -1.36. The lowest BCUT2D eigenvalue weighted by Gasteiger charge is -2.21. The number of nitrogens with zero attached hydrogens (tertiary/aromatic N) is 3. The maximum absolute atomic E-state index is 5.43. The van der Waals surface area contributed by atoms with E-state index in [1.54, 1.807) is 6.33 Å². The number of hydrazine groups is 1. The van der Waals surface area contributed by atoms with Crippen LogP contribution in [0.25, 0.3) is 0 Å². The maximum atomic E-state index is 5.43. The molecule has 3 N–H and O–H groups in total. The van der Waals surface area contributed by atoms with Crippen molar-refractivity contribution in [2.75, 3.05) is 23.4 Å². The molecule has 5 nitrogen and oxygen atoms in total. The van der Waals surface area contributed by atoms with E-state index < -0.39 is 0 Å². The lowest BCUT2D eigenvalue weighted by Crippen LogP contribution is -2.24. The van der Waals surface area contributed by atoms with Gasteiger partial charge in [-0.1, -0.05) is 13.8 Å². The van der Waals surface area contributed by atoms with Gasteiger partial charge in [0, 0.05) is 18.7 Å². The molecule has 1 aliphatic heterocycles. The fourth-order valence-electron chi connectivity index (χ4n) is 2.43. The van der Waals surface area contributed by atoms with Gasteiger partial charge >= 0.3 is 0 Å². The van der Waals surface area contributed by atoms with Gasteiger partial charge in [-0.05, 0) is 25.2 Å². The Morgan fingerprint density at radius 3 is 2.82 bits per heavy atom. The highest BCUT2D eigenvalue weighted by Crippen LogP contribution is 2.30. The van der Waals surface area contributed by atoms with E-state index in [2.05, 4.69) is 34.1 Å². The number of hydrogen-bond acceptors (Lipinski definition) is 5. The van der Waals surface area contributed by atoms with Crippen molar-refractivity contribution in [3.8, 4) is 0 Å². The van der Waals surface area contributed by atoms with Crippen molar-refractivity contribution in [1.29, 1.82) is 0 Å². The summed E-state index contributed by atoms with van der Waals surface area (Å²) in [7, 11) is 0. The quantitative estimate of drug-likeness (QED) is 0.614. The van der Waals surface area contributed by atoms with Gasteiger partial charge in [-0.25, -0.2) is 15.8 Å². The highest BCUT2D eigenvalue weighted by Gasteiger charge is 2.27. The predicted octanol–water partition coefficient (Wildman–Crippen LogP) is 1.55. The zero-order valence-corrected chi connectivity index (χ0v) is 10.8. The zero-order chi connectivity index (χ0) is 12.4. The number of hydrogen-bond donors (Lipinski definition) is 2. The van der Waals surface area contributed by atoms with Gasteiger partial charge in [0.15, 0.2) is 0 Å². The summed E-state index contributed by atoms with van der Waals surface area (Å²) in [6.45, 7) is 8.74. The van der Waals surface area contributed by atoms with E-state index >= 15 is 0 Å². The number of nitrogens with two attached hydrogens (primary N) is 1. The van der Waals surface area contributed by atoms with Gasteiger partial charge < -0.3 is 10.3 Å². The van der Waals surface area contributed by atoms with Gasteiger partial charge in [0.25, 0.3) is 0 Å². The molecule has 94 valence electrons. The summed E-state index contributed by atoms with van der Waals surface area (Å²) in [4.78, 5) is 10.8. The summed E-state index contributed by atoms with van der Waals surface area (Å²) in [6.07, 6.45) is 2.81. The molecule has 17 heavy (non-hydrogen) atoms. The molecule has 0 bridgehead atoms. The van der Waals surface area contributed by atoms with E-state index in [1.165, 1.54) is 6.42 Å². The molecular formula is C12H21N5. The van der Waals surface area contributed by atoms with Gasteiger partial charge in [0.05, 0.1) is 0 Å². The first kappa shape index (κ1) is 12.1. The van der Waals surface area contributed by atoms with Crippen LogP contribution in [0.4, 0.5) is 11.6 Å². The second-order valence-corrected chi connectivity index (χ2v) is 5.05. The first-order valence-electron chi connectivity index (χ1n) is 6.16. The van der Waals surface area contributed by atoms with Crippen LogP contribution in [0, 0.1) is 18.8 Å². The first-order valence-corrected chi connectivity index (χ1v) is 6.16. The molecule has 0 spiro atoms. The van der Waals surface area contributed by atoms with Crippen molar-refractivity contribution in [3.05, 3.63) is 11.9 Å². The Kier molecular flexibility index (Phi) is 3.47. The van der Waals surface area contributed by atoms with E-state index in [1.807, 2.05) is 6.92 Å². The van der Waals surface area contributed by atoms with Crippen molar-refractivity contribution in [3.63, 3.8) is 0 Å². The lowest BCUT2D eigenvalue weighted by atomic mass is 9.95. The second kappa shape index (κ2) is 4.87. The molecule has 0 radical (unpaired) electrons. The largest absolute Gasteiger partial charge is 0.356 e. The Balaban J connectivity index is 2.19. The third-order valence-corrected chi connectivity index (χ3v) is 3.66. The third-order valence-electron chi connectivity index (χ3n) is 3.66. The summed E-state index contributed by atoms with van der Waals surface area (Å²) >= 11 is 0. The molecular weight excluding hydrogens is 214 g/mol. The summed E-state index contributed by atoms with van der Waals surface area (Å²) in [5.74, 6) is 8.65. The molecule has 1 unspecified atom stereocenters. The third kappa shape index (κ3) is 2.34. The van der Waals surface area contributed by atoms with E-state index in [0.717, 1.165) is 36.3 Å². The first-order chi connectivity index (χ1) is 8.13. The summed E-state index contributed by atoms with van der Waals surface area (Å²) < 4.78 is 0. The zero-order valence-electron chi connectivity index (χ0n) is 10.8. The van der Waals surface area contributed by atoms with Crippen molar-refractivity contribution in [1.82, 2.24) is 9.97 Å². The molecule has 1 aliphatic rings. The van der Waals surface area contributed by atoms with E-state index in [9.17, 15) is 0 Å². The van der Waals surface area contributed by atoms with E-state index in [-0.39, 0.29) is 0 Å². The van der Waals surface area contributed by atoms with Crippen molar-refractivity contribution in [2.24, 2.45) is 17.7 Å². The number of nitrogens with one attached hydrogen (secondary N) is 1. The van der Waals surface area contributed by atoms with Gasteiger partial charge in [-0.2, -0.15) is 0 Å². The standard InChI is InChI=1S/C12H21N5/c1-8(2)10-4-5-17(6-10)12-9(3)11(16-13)14-7-15-12/h7-8,10H,4-6,13H2,1-3H3,(H,14,15,16). The van der Waals surface area contributed by atoms with Crippen LogP contribution in [-0.2, 0) is 0 Å². The van der Waals surface area contributed by atoms with Crippen molar-refractivity contribution < 1.29 is 0 Å². The summed E-state index contributed by atoms with van der Waals surface area (Å²) in [5.41, 5.74) is 3.64. The number of anilines is 2. The smallest absolute Gasteiger partial charge is 0.148 e.